The first-order chi connectivity index (χ1) is 4.34. The third-order valence-electron chi connectivity index (χ3n) is 0.832. The molecule has 1 heterocycles. The van der Waals surface area contributed by atoms with Gasteiger partial charge in [-0.2, -0.15) is 5.26 Å². The van der Waals surface area contributed by atoms with Crippen molar-refractivity contribution in [2.45, 2.75) is 0 Å². The number of hydrogen-bond acceptors (Lipinski definition) is 3. The van der Waals surface area contributed by atoms with Gasteiger partial charge in [0.15, 0.2) is 6.19 Å². The lowest BCUT2D eigenvalue weighted by molar-refractivity contribution is 0.973. The second kappa shape index (κ2) is 2.09. The van der Waals surface area contributed by atoms with E-state index >= 15 is 0 Å². The highest BCUT2D eigenvalue weighted by atomic mass is 16.1. The molecule has 9 heavy (non-hydrogen) atoms. The Hall–Kier alpha value is -1.63. The van der Waals surface area contributed by atoms with Gasteiger partial charge in [-0.1, -0.05) is 0 Å². The van der Waals surface area contributed by atoms with Crippen molar-refractivity contribution in [2.24, 2.45) is 0 Å². The number of aromatic nitrogens is 2. The average molecular weight is 121 g/mol. The molecule has 1 aromatic heterocycles. The standard InChI is InChI=1S/C5H3N3O/c6-4-8-2-1-7-3-5(8)9/h1-3H. The fourth-order valence-corrected chi connectivity index (χ4v) is 0.430. The fraction of sp³-hybridized carbons (Fsp3) is 0. The van der Waals surface area contributed by atoms with Gasteiger partial charge in [0.25, 0.3) is 5.56 Å². The molecule has 0 radical (unpaired) electrons. The Bertz CT molecular complexity index is 296. The minimum absolute atomic E-state index is 0.403. The zero-order valence-corrected chi connectivity index (χ0v) is 4.48. The van der Waals surface area contributed by atoms with E-state index in [4.69, 9.17) is 5.26 Å². The SMILES string of the molecule is N#Cn1ccncc1=O. The second-order valence-corrected chi connectivity index (χ2v) is 1.38. The molecule has 0 aliphatic heterocycles. The zero-order chi connectivity index (χ0) is 6.69. The molecule has 0 spiro atoms. The maximum absolute atomic E-state index is 10.5. The molecule has 0 saturated carbocycles. The van der Waals surface area contributed by atoms with Gasteiger partial charge in [0.1, 0.15) is 0 Å². The van der Waals surface area contributed by atoms with Gasteiger partial charge in [-0.25, -0.2) is 4.57 Å². The summed E-state index contributed by atoms with van der Waals surface area (Å²) in [5.74, 6) is 0. The molecule has 0 amide bonds. The fourth-order valence-electron chi connectivity index (χ4n) is 0.430. The normalized spacial score (nSPS) is 8.33. The largest absolute Gasteiger partial charge is 0.282 e. The van der Waals surface area contributed by atoms with Gasteiger partial charge < -0.3 is 0 Å². The molecular formula is C5H3N3O. The molecule has 0 atom stereocenters. The van der Waals surface area contributed by atoms with Crippen LogP contribution in [-0.4, -0.2) is 9.55 Å². The number of nitriles is 1. The maximum atomic E-state index is 10.5. The van der Waals surface area contributed by atoms with Crippen LogP contribution in [0.15, 0.2) is 23.4 Å². The summed E-state index contributed by atoms with van der Waals surface area (Å²) >= 11 is 0. The third-order valence-corrected chi connectivity index (χ3v) is 0.832. The predicted molar refractivity (Wildman–Crippen MR) is 29.5 cm³/mol. The van der Waals surface area contributed by atoms with E-state index in [1.807, 2.05) is 0 Å². The van der Waals surface area contributed by atoms with E-state index in [1.165, 1.54) is 12.4 Å². The summed E-state index contributed by atoms with van der Waals surface area (Å²) in [6, 6.07) is 0. The lowest BCUT2D eigenvalue weighted by Gasteiger charge is -1.84. The molecule has 0 bridgehead atoms. The van der Waals surface area contributed by atoms with Crippen molar-refractivity contribution in [3.8, 4) is 6.19 Å². The van der Waals surface area contributed by atoms with Crippen LogP contribution in [-0.2, 0) is 0 Å². The Labute approximate surface area is 51.0 Å². The van der Waals surface area contributed by atoms with Crippen LogP contribution in [0, 0.1) is 11.5 Å². The minimum atomic E-state index is -0.403. The van der Waals surface area contributed by atoms with Gasteiger partial charge in [0, 0.05) is 12.4 Å². The molecule has 0 aliphatic carbocycles. The second-order valence-electron chi connectivity index (χ2n) is 1.38. The highest BCUT2D eigenvalue weighted by molar-refractivity contribution is 4.89. The lowest BCUT2D eigenvalue weighted by atomic mass is 10.7. The van der Waals surface area contributed by atoms with Crippen molar-refractivity contribution in [1.82, 2.24) is 9.55 Å². The molecule has 4 nitrogen and oxygen atoms in total. The Kier molecular flexibility index (Phi) is 1.28. The van der Waals surface area contributed by atoms with E-state index in [1.54, 1.807) is 6.19 Å². The van der Waals surface area contributed by atoms with Crippen molar-refractivity contribution < 1.29 is 0 Å². The Balaban J connectivity index is 3.38. The van der Waals surface area contributed by atoms with E-state index < -0.39 is 5.56 Å². The van der Waals surface area contributed by atoms with Crippen LogP contribution >= 0.6 is 0 Å². The molecule has 1 aromatic rings. The van der Waals surface area contributed by atoms with Crippen molar-refractivity contribution >= 4 is 0 Å². The van der Waals surface area contributed by atoms with E-state index in [2.05, 4.69) is 4.98 Å². The number of rotatable bonds is 0. The summed E-state index contributed by atoms with van der Waals surface area (Å²) < 4.78 is 0.896. The van der Waals surface area contributed by atoms with Crippen molar-refractivity contribution in [2.75, 3.05) is 0 Å². The molecule has 0 aliphatic rings. The van der Waals surface area contributed by atoms with Crippen LogP contribution in [0.5, 0.6) is 0 Å². The molecule has 0 unspecified atom stereocenters. The van der Waals surface area contributed by atoms with Gasteiger partial charge in [0.05, 0.1) is 6.20 Å². The molecule has 0 N–H and O–H groups in total. The van der Waals surface area contributed by atoms with E-state index in [-0.39, 0.29) is 0 Å². The van der Waals surface area contributed by atoms with E-state index in [0.717, 1.165) is 10.8 Å². The lowest BCUT2D eigenvalue weighted by Crippen LogP contribution is -2.14. The zero-order valence-electron chi connectivity index (χ0n) is 4.48. The van der Waals surface area contributed by atoms with Crippen LogP contribution in [0.1, 0.15) is 0 Å². The highest BCUT2D eigenvalue weighted by Crippen LogP contribution is 1.69. The van der Waals surface area contributed by atoms with Gasteiger partial charge in [-0.15, -0.1) is 0 Å². The molecule has 0 fully saturated rings. The van der Waals surface area contributed by atoms with Crippen LogP contribution in [0.4, 0.5) is 0 Å². The van der Waals surface area contributed by atoms with Crippen molar-refractivity contribution in [3.63, 3.8) is 0 Å². The van der Waals surface area contributed by atoms with Gasteiger partial charge in [-0.3, -0.25) is 9.78 Å². The summed E-state index contributed by atoms with van der Waals surface area (Å²) in [5.41, 5.74) is -0.403. The Morgan fingerprint density at radius 1 is 1.78 bits per heavy atom. The Morgan fingerprint density at radius 3 is 3.00 bits per heavy atom. The molecular weight excluding hydrogens is 118 g/mol. The van der Waals surface area contributed by atoms with Crippen LogP contribution in [0.3, 0.4) is 0 Å². The van der Waals surface area contributed by atoms with Crippen LogP contribution < -0.4 is 5.56 Å². The number of hydrogen-bond donors (Lipinski definition) is 0. The summed E-state index contributed by atoms with van der Waals surface area (Å²) in [7, 11) is 0. The predicted octanol–water partition coefficient (Wildman–Crippen LogP) is -0.428. The summed E-state index contributed by atoms with van der Waals surface area (Å²) in [4.78, 5) is 14.0. The van der Waals surface area contributed by atoms with E-state index in [0.29, 0.717) is 0 Å². The minimum Gasteiger partial charge on any atom is -0.266 e. The van der Waals surface area contributed by atoms with Crippen molar-refractivity contribution in [1.29, 1.82) is 5.26 Å². The van der Waals surface area contributed by atoms with Gasteiger partial charge >= 0.3 is 0 Å². The number of nitrogens with zero attached hydrogens (tertiary/aromatic N) is 3. The highest BCUT2D eigenvalue weighted by Gasteiger charge is 1.86. The summed E-state index contributed by atoms with van der Waals surface area (Å²) in [6.07, 6.45) is 5.43. The smallest absolute Gasteiger partial charge is 0.266 e. The van der Waals surface area contributed by atoms with Crippen LogP contribution in [0.2, 0.25) is 0 Å². The molecule has 0 saturated heterocycles. The molecule has 0 aromatic carbocycles. The average Bonchev–Trinajstić information content (AvgIpc) is 1.89. The van der Waals surface area contributed by atoms with Gasteiger partial charge in [0.2, 0.25) is 0 Å². The Morgan fingerprint density at radius 2 is 2.56 bits per heavy atom. The first kappa shape index (κ1) is 5.51. The van der Waals surface area contributed by atoms with Crippen molar-refractivity contribution in [3.05, 3.63) is 28.9 Å². The molecule has 4 heteroatoms. The third kappa shape index (κ3) is 0.941. The monoisotopic (exact) mass is 121 g/mol. The van der Waals surface area contributed by atoms with Gasteiger partial charge in [-0.05, 0) is 0 Å². The first-order valence-electron chi connectivity index (χ1n) is 2.27. The first-order valence-corrected chi connectivity index (χ1v) is 2.27. The summed E-state index contributed by atoms with van der Waals surface area (Å²) in [5, 5.41) is 8.20. The van der Waals surface area contributed by atoms with Crippen LogP contribution in [0.25, 0.3) is 0 Å². The summed E-state index contributed by atoms with van der Waals surface area (Å²) in [6.45, 7) is 0. The quantitative estimate of drug-likeness (QED) is 0.468. The molecule has 1 rings (SSSR count). The topological polar surface area (TPSA) is 58.7 Å². The van der Waals surface area contributed by atoms with E-state index in [9.17, 15) is 4.79 Å². The maximum Gasteiger partial charge on any atom is 0.282 e. The molecule has 44 valence electrons.